The van der Waals surface area contributed by atoms with Crippen LogP contribution in [0, 0.1) is 12.8 Å². The molecule has 0 saturated heterocycles. The van der Waals surface area contributed by atoms with Crippen molar-refractivity contribution in [1.82, 2.24) is 4.90 Å². The number of benzene rings is 2. The maximum absolute atomic E-state index is 13.7. The van der Waals surface area contributed by atoms with Crippen LogP contribution in [0.1, 0.15) is 60.0 Å². The zero-order valence-corrected chi connectivity index (χ0v) is 22.1. The lowest BCUT2D eigenvalue weighted by Crippen LogP contribution is -2.31. The second-order valence-corrected chi connectivity index (χ2v) is 9.87. The second-order valence-electron chi connectivity index (χ2n) is 9.46. The summed E-state index contributed by atoms with van der Waals surface area (Å²) in [5.74, 6) is 1.41. The fraction of sp³-hybridized carbons (Fsp3) is 0.429. The Morgan fingerprint density at radius 2 is 1.86 bits per heavy atom. The summed E-state index contributed by atoms with van der Waals surface area (Å²) in [7, 11) is 3.19. The van der Waals surface area contributed by atoms with Crippen molar-refractivity contribution in [3.8, 4) is 11.5 Å². The molecule has 0 radical (unpaired) electrons. The van der Waals surface area contributed by atoms with E-state index in [1.807, 2.05) is 25.1 Å². The summed E-state index contributed by atoms with van der Waals surface area (Å²) in [6, 6.07) is 8.19. The molecule has 3 aromatic rings. The molecule has 7 nitrogen and oxygen atoms in total. The van der Waals surface area contributed by atoms with Gasteiger partial charge in [-0.2, -0.15) is 0 Å². The van der Waals surface area contributed by atoms with Crippen LogP contribution in [0.2, 0.25) is 5.02 Å². The van der Waals surface area contributed by atoms with Crippen molar-refractivity contribution in [2.45, 2.75) is 39.7 Å². The first kappa shape index (κ1) is 26.0. The first-order valence-electron chi connectivity index (χ1n) is 12.1. The lowest BCUT2D eigenvalue weighted by Gasteiger charge is -2.25. The molecule has 0 N–H and O–H groups in total. The van der Waals surface area contributed by atoms with E-state index in [0.717, 1.165) is 17.5 Å². The van der Waals surface area contributed by atoms with E-state index in [1.165, 1.54) is 0 Å². The zero-order valence-electron chi connectivity index (χ0n) is 21.4. The highest BCUT2D eigenvalue weighted by atomic mass is 35.5. The van der Waals surface area contributed by atoms with E-state index < -0.39 is 6.04 Å². The van der Waals surface area contributed by atoms with Crippen LogP contribution in [0.15, 0.2) is 39.5 Å². The van der Waals surface area contributed by atoms with Crippen LogP contribution >= 0.6 is 11.6 Å². The van der Waals surface area contributed by atoms with Crippen LogP contribution in [0.3, 0.4) is 0 Å². The third-order valence-corrected chi connectivity index (χ3v) is 6.86. The summed E-state index contributed by atoms with van der Waals surface area (Å²) in [5.41, 5.74) is 1.89. The summed E-state index contributed by atoms with van der Waals surface area (Å²) in [5, 5.41) is 0.818. The van der Waals surface area contributed by atoms with Gasteiger partial charge in [0.15, 0.2) is 16.9 Å². The molecule has 0 spiro atoms. The van der Waals surface area contributed by atoms with Gasteiger partial charge in [0.25, 0.3) is 5.91 Å². The first-order valence-corrected chi connectivity index (χ1v) is 12.5. The third kappa shape index (κ3) is 4.95. The Bertz CT molecular complexity index is 1330. The molecule has 1 atom stereocenters. The number of methoxy groups -OCH3 is 2. The molecule has 4 rings (SSSR count). The lowest BCUT2D eigenvalue weighted by atomic mass is 9.97. The number of amides is 1. The molecule has 36 heavy (non-hydrogen) atoms. The number of rotatable bonds is 10. The van der Waals surface area contributed by atoms with Crippen molar-refractivity contribution in [2.75, 3.05) is 34.0 Å². The van der Waals surface area contributed by atoms with Crippen LogP contribution in [0.5, 0.6) is 11.5 Å². The number of nitrogens with zero attached hydrogens (tertiary/aromatic N) is 1. The van der Waals surface area contributed by atoms with Gasteiger partial charge < -0.3 is 23.5 Å². The Morgan fingerprint density at radius 1 is 1.08 bits per heavy atom. The molecular formula is C28H32ClNO6. The highest BCUT2D eigenvalue weighted by molar-refractivity contribution is 6.32. The average Bonchev–Trinajstić information content (AvgIpc) is 3.12. The van der Waals surface area contributed by atoms with Gasteiger partial charge in [-0.05, 0) is 61.1 Å². The van der Waals surface area contributed by atoms with Gasteiger partial charge in [0.05, 0.1) is 30.7 Å². The largest absolute Gasteiger partial charge is 0.493 e. The van der Waals surface area contributed by atoms with Crippen LogP contribution in [0.4, 0.5) is 0 Å². The van der Waals surface area contributed by atoms with Crippen molar-refractivity contribution >= 4 is 28.5 Å². The van der Waals surface area contributed by atoms with E-state index in [2.05, 4.69) is 13.8 Å². The molecule has 1 amide bonds. The molecule has 1 aliphatic heterocycles. The topological polar surface area (TPSA) is 78.2 Å². The minimum absolute atomic E-state index is 0.0628. The second kappa shape index (κ2) is 10.9. The van der Waals surface area contributed by atoms with Gasteiger partial charge in [-0.25, -0.2) is 0 Å². The maximum atomic E-state index is 13.7. The summed E-state index contributed by atoms with van der Waals surface area (Å²) in [6.07, 6.45) is 1.53. The third-order valence-electron chi connectivity index (χ3n) is 6.45. The van der Waals surface area contributed by atoms with Gasteiger partial charge in [0.2, 0.25) is 5.76 Å². The van der Waals surface area contributed by atoms with E-state index in [-0.39, 0.29) is 17.1 Å². The van der Waals surface area contributed by atoms with Gasteiger partial charge in [0, 0.05) is 25.3 Å². The first-order chi connectivity index (χ1) is 17.3. The van der Waals surface area contributed by atoms with Gasteiger partial charge in [-0.15, -0.1) is 0 Å². The van der Waals surface area contributed by atoms with Crippen LogP contribution in [0.25, 0.3) is 11.0 Å². The summed E-state index contributed by atoms with van der Waals surface area (Å²) < 4.78 is 22.8. The fourth-order valence-corrected chi connectivity index (χ4v) is 4.64. The molecule has 2 heterocycles. The summed E-state index contributed by atoms with van der Waals surface area (Å²) >= 11 is 6.32. The molecule has 2 aromatic carbocycles. The van der Waals surface area contributed by atoms with Crippen molar-refractivity contribution in [2.24, 2.45) is 5.92 Å². The number of fused-ring (bicyclic) bond motifs is 2. The number of aryl methyl sites for hydroxylation is 1. The lowest BCUT2D eigenvalue weighted by molar-refractivity contribution is 0.0707. The Balaban J connectivity index is 1.83. The predicted octanol–water partition coefficient (Wildman–Crippen LogP) is 5.77. The van der Waals surface area contributed by atoms with Gasteiger partial charge in [-0.3, -0.25) is 9.59 Å². The normalized spacial score (nSPS) is 15.1. The molecule has 1 aliphatic rings. The average molecular weight is 514 g/mol. The minimum atomic E-state index is -0.635. The highest BCUT2D eigenvalue weighted by Crippen LogP contribution is 2.41. The van der Waals surface area contributed by atoms with E-state index in [9.17, 15) is 9.59 Å². The number of halogens is 1. The van der Waals surface area contributed by atoms with E-state index in [0.29, 0.717) is 65.2 Å². The minimum Gasteiger partial charge on any atom is -0.493 e. The molecule has 0 saturated carbocycles. The summed E-state index contributed by atoms with van der Waals surface area (Å²) in [6.45, 7) is 7.55. The Labute approximate surface area is 215 Å². The molecule has 0 bridgehead atoms. The smallest absolute Gasteiger partial charge is 0.290 e. The number of carbonyl (C=O) groups is 1. The molecule has 1 unspecified atom stereocenters. The molecule has 1 aromatic heterocycles. The molecule has 8 heteroatoms. The Morgan fingerprint density at radius 3 is 2.56 bits per heavy atom. The highest BCUT2D eigenvalue weighted by Gasteiger charge is 2.42. The zero-order chi connectivity index (χ0) is 26.0. The maximum Gasteiger partial charge on any atom is 0.290 e. The summed E-state index contributed by atoms with van der Waals surface area (Å²) in [4.78, 5) is 28.9. The Hall–Kier alpha value is -3.03. The van der Waals surface area contributed by atoms with Crippen LogP contribution < -0.4 is 14.9 Å². The molecule has 0 aliphatic carbocycles. The number of carbonyl (C=O) groups excluding carboxylic acids is 1. The van der Waals surface area contributed by atoms with Crippen molar-refractivity contribution in [3.05, 3.63) is 68.0 Å². The standard InChI is InChI=1S/C28H32ClNO6/c1-16(2)9-12-35-21-8-7-18(14-23(21)34-5)25-24-26(31)19-15-20(29)17(3)13-22(19)36-27(24)28(32)30(25)10-6-11-33-4/h7-8,13-16,25H,6,9-12H2,1-5H3. The van der Waals surface area contributed by atoms with Crippen molar-refractivity contribution in [1.29, 1.82) is 0 Å². The van der Waals surface area contributed by atoms with E-state index in [1.54, 1.807) is 31.3 Å². The van der Waals surface area contributed by atoms with E-state index >= 15 is 0 Å². The van der Waals surface area contributed by atoms with E-state index in [4.69, 9.17) is 30.2 Å². The molecule has 192 valence electrons. The number of hydrogen-bond acceptors (Lipinski definition) is 6. The van der Waals surface area contributed by atoms with Gasteiger partial charge >= 0.3 is 0 Å². The monoisotopic (exact) mass is 513 g/mol. The fourth-order valence-electron chi connectivity index (χ4n) is 4.48. The van der Waals surface area contributed by atoms with Crippen molar-refractivity contribution in [3.63, 3.8) is 0 Å². The quantitative estimate of drug-likeness (QED) is 0.320. The molecule has 0 fully saturated rings. The Kier molecular flexibility index (Phi) is 7.91. The predicted molar refractivity (Wildman–Crippen MR) is 140 cm³/mol. The number of ether oxygens (including phenoxy) is 3. The van der Waals surface area contributed by atoms with Crippen molar-refractivity contribution < 1.29 is 23.4 Å². The SMILES string of the molecule is COCCCN1C(=O)c2oc3cc(C)c(Cl)cc3c(=O)c2C1c1ccc(OCCC(C)C)c(OC)c1. The molecular weight excluding hydrogens is 482 g/mol. The van der Waals surface area contributed by atoms with Crippen LogP contribution in [-0.4, -0.2) is 44.8 Å². The van der Waals surface area contributed by atoms with Gasteiger partial charge in [0.1, 0.15) is 5.58 Å². The van der Waals surface area contributed by atoms with Crippen LogP contribution in [-0.2, 0) is 4.74 Å². The van der Waals surface area contributed by atoms with Gasteiger partial charge in [-0.1, -0.05) is 31.5 Å². The number of hydrogen-bond donors (Lipinski definition) is 0.